The number of hydrogen-bond donors (Lipinski definition) is 3. The van der Waals surface area contributed by atoms with Crippen LogP contribution in [0.3, 0.4) is 0 Å². The highest BCUT2D eigenvalue weighted by Crippen LogP contribution is 2.44. The first-order valence-electron chi connectivity index (χ1n) is 11.6. The summed E-state index contributed by atoms with van der Waals surface area (Å²) in [5.74, 6) is -1.32. The summed E-state index contributed by atoms with van der Waals surface area (Å²) < 4.78 is 6.89. The van der Waals surface area contributed by atoms with Gasteiger partial charge in [0.25, 0.3) is 0 Å². The zero-order valence-electron chi connectivity index (χ0n) is 19.7. The largest absolute Gasteiger partial charge is 0.476 e. The minimum Gasteiger partial charge on any atom is -0.476 e. The molecule has 2 amide bonds. The van der Waals surface area contributed by atoms with Gasteiger partial charge in [0, 0.05) is 31.5 Å². The maximum absolute atomic E-state index is 12.6. The standard InChI is InChI=1S/C26H28N4O5/c1-3-8-16(13-24(31)28-23-14-22(25(32)33)29-30(23)2)27-26(34)35-15-21-19-11-6-4-9-17(19)18-10-5-7-12-20(18)21/h4-7,9-12,14,16,21H,3,8,13,15H2,1-2H3,(H,27,34)(H,28,31)(H,32,33)/t16-/m1/s1. The molecule has 9 heteroatoms. The second-order valence-electron chi connectivity index (χ2n) is 8.55. The van der Waals surface area contributed by atoms with Gasteiger partial charge >= 0.3 is 12.1 Å². The van der Waals surface area contributed by atoms with Crippen LogP contribution in [0.5, 0.6) is 0 Å². The second-order valence-corrected chi connectivity index (χ2v) is 8.55. The highest BCUT2D eigenvalue weighted by molar-refractivity contribution is 5.93. The smallest absolute Gasteiger partial charge is 0.407 e. The highest BCUT2D eigenvalue weighted by atomic mass is 16.5. The number of anilines is 1. The number of carbonyl (C=O) groups is 3. The van der Waals surface area contributed by atoms with Crippen molar-refractivity contribution in [2.24, 2.45) is 7.05 Å². The van der Waals surface area contributed by atoms with Crippen molar-refractivity contribution in [1.29, 1.82) is 0 Å². The Labute approximate surface area is 203 Å². The Bertz CT molecular complexity index is 1210. The van der Waals surface area contributed by atoms with E-state index in [1.54, 1.807) is 7.05 Å². The summed E-state index contributed by atoms with van der Waals surface area (Å²) in [4.78, 5) is 36.3. The number of aromatic nitrogens is 2. The fraction of sp³-hybridized carbons (Fsp3) is 0.308. The van der Waals surface area contributed by atoms with Crippen LogP contribution in [0.25, 0.3) is 11.1 Å². The summed E-state index contributed by atoms with van der Waals surface area (Å²) in [6.45, 7) is 2.16. The average molecular weight is 477 g/mol. The van der Waals surface area contributed by atoms with Crippen LogP contribution in [0.2, 0.25) is 0 Å². The molecule has 4 rings (SSSR count). The van der Waals surface area contributed by atoms with Gasteiger partial charge in [-0.1, -0.05) is 61.9 Å². The number of carbonyl (C=O) groups excluding carboxylic acids is 2. The van der Waals surface area contributed by atoms with Crippen molar-refractivity contribution in [3.63, 3.8) is 0 Å². The first kappa shape index (κ1) is 24.0. The molecule has 35 heavy (non-hydrogen) atoms. The van der Waals surface area contributed by atoms with Gasteiger partial charge in [0.15, 0.2) is 5.69 Å². The predicted molar refractivity (Wildman–Crippen MR) is 130 cm³/mol. The van der Waals surface area contributed by atoms with Crippen molar-refractivity contribution in [2.45, 2.75) is 38.1 Å². The third-order valence-corrected chi connectivity index (χ3v) is 6.10. The predicted octanol–water partition coefficient (Wildman–Crippen LogP) is 4.15. The maximum atomic E-state index is 12.6. The number of alkyl carbamates (subject to hydrolysis) is 1. The third kappa shape index (κ3) is 5.34. The van der Waals surface area contributed by atoms with Crippen molar-refractivity contribution in [2.75, 3.05) is 11.9 Å². The number of amides is 2. The molecule has 1 heterocycles. The minimum atomic E-state index is -1.18. The van der Waals surface area contributed by atoms with Gasteiger partial charge in [-0.05, 0) is 28.7 Å². The third-order valence-electron chi connectivity index (χ3n) is 6.10. The van der Waals surface area contributed by atoms with E-state index >= 15 is 0 Å². The molecule has 0 fully saturated rings. The summed E-state index contributed by atoms with van der Waals surface area (Å²) in [6.07, 6.45) is 0.790. The zero-order valence-corrected chi connectivity index (χ0v) is 19.7. The fourth-order valence-corrected chi connectivity index (χ4v) is 4.49. The Balaban J connectivity index is 1.35. The van der Waals surface area contributed by atoms with Crippen LogP contribution < -0.4 is 10.6 Å². The molecule has 0 radical (unpaired) electrons. The van der Waals surface area contributed by atoms with E-state index in [-0.39, 0.29) is 36.4 Å². The van der Waals surface area contributed by atoms with Gasteiger partial charge in [-0.3, -0.25) is 9.48 Å². The summed E-state index contributed by atoms with van der Waals surface area (Å²) in [5.41, 5.74) is 4.40. The number of benzene rings is 2. The molecular weight excluding hydrogens is 448 g/mol. The summed E-state index contributed by atoms with van der Waals surface area (Å²) in [6, 6.07) is 17.1. The molecule has 0 saturated carbocycles. The lowest BCUT2D eigenvalue weighted by Gasteiger charge is -2.19. The molecule has 0 aliphatic heterocycles. The molecule has 1 aromatic heterocycles. The molecule has 0 saturated heterocycles. The molecule has 182 valence electrons. The van der Waals surface area contributed by atoms with Crippen molar-refractivity contribution in [1.82, 2.24) is 15.1 Å². The van der Waals surface area contributed by atoms with Gasteiger partial charge in [0.05, 0.1) is 0 Å². The minimum absolute atomic E-state index is 0.0195. The fourth-order valence-electron chi connectivity index (χ4n) is 4.49. The molecule has 3 N–H and O–H groups in total. The van der Waals surface area contributed by atoms with Crippen LogP contribution in [0, 0.1) is 0 Å². The van der Waals surface area contributed by atoms with E-state index in [0.29, 0.717) is 6.42 Å². The lowest BCUT2D eigenvalue weighted by atomic mass is 9.98. The molecule has 0 spiro atoms. The lowest BCUT2D eigenvalue weighted by molar-refractivity contribution is -0.116. The molecule has 1 aliphatic rings. The number of ether oxygens (including phenoxy) is 1. The number of hydrogen-bond acceptors (Lipinski definition) is 5. The molecular formula is C26H28N4O5. The quantitative estimate of drug-likeness (QED) is 0.426. The van der Waals surface area contributed by atoms with E-state index in [0.717, 1.165) is 28.7 Å². The molecule has 0 unspecified atom stereocenters. The average Bonchev–Trinajstić information content (AvgIpc) is 3.35. The number of carboxylic acid groups (broad SMARTS) is 1. The van der Waals surface area contributed by atoms with Crippen molar-refractivity contribution < 1.29 is 24.2 Å². The normalized spacial score (nSPS) is 13.0. The summed E-state index contributed by atoms with van der Waals surface area (Å²) in [7, 11) is 1.54. The second kappa shape index (κ2) is 10.4. The van der Waals surface area contributed by atoms with Crippen LogP contribution >= 0.6 is 0 Å². The van der Waals surface area contributed by atoms with E-state index in [4.69, 9.17) is 9.84 Å². The molecule has 9 nitrogen and oxygen atoms in total. The zero-order chi connectivity index (χ0) is 24.9. The monoisotopic (exact) mass is 476 g/mol. The van der Waals surface area contributed by atoms with Crippen LogP contribution in [0.4, 0.5) is 10.6 Å². The topological polar surface area (TPSA) is 123 Å². The van der Waals surface area contributed by atoms with Crippen molar-refractivity contribution in [3.05, 3.63) is 71.4 Å². The Morgan fingerprint density at radius 3 is 2.29 bits per heavy atom. The van der Waals surface area contributed by atoms with Gasteiger partial charge in [-0.2, -0.15) is 5.10 Å². The number of rotatable bonds is 9. The SMILES string of the molecule is CCC[C@H](CC(=O)Nc1cc(C(=O)O)nn1C)NC(=O)OCC1c2ccccc2-c2ccccc21. The van der Waals surface area contributed by atoms with Crippen LogP contribution in [0.1, 0.15) is 53.7 Å². The van der Waals surface area contributed by atoms with E-state index in [2.05, 4.69) is 40.0 Å². The Morgan fingerprint density at radius 1 is 1.09 bits per heavy atom. The van der Waals surface area contributed by atoms with Gasteiger partial charge in [0.1, 0.15) is 12.4 Å². The van der Waals surface area contributed by atoms with E-state index in [1.165, 1.54) is 10.7 Å². The van der Waals surface area contributed by atoms with Crippen molar-refractivity contribution >= 4 is 23.8 Å². The first-order valence-corrected chi connectivity index (χ1v) is 11.6. The van der Waals surface area contributed by atoms with Gasteiger partial charge in [-0.25, -0.2) is 9.59 Å². The highest BCUT2D eigenvalue weighted by Gasteiger charge is 2.29. The number of aryl methyl sites for hydroxylation is 1. The first-order chi connectivity index (χ1) is 16.9. The van der Waals surface area contributed by atoms with Crippen LogP contribution in [0.15, 0.2) is 54.6 Å². The van der Waals surface area contributed by atoms with Crippen molar-refractivity contribution in [3.8, 4) is 11.1 Å². The van der Waals surface area contributed by atoms with E-state index in [9.17, 15) is 14.4 Å². The Hall–Kier alpha value is -4.14. The molecule has 0 bridgehead atoms. The molecule has 3 aromatic rings. The number of nitrogens with zero attached hydrogens (tertiary/aromatic N) is 2. The summed E-state index contributed by atoms with van der Waals surface area (Å²) in [5, 5.41) is 18.4. The summed E-state index contributed by atoms with van der Waals surface area (Å²) >= 11 is 0. The van der Waals surface area contributed by atoms with Gasteiger partial charge < -0.3 is 20.5 Å². The number of aromatic carboxylic acids is 1. The van der Waals surface area contributed by atoms with Crippen LogP contribution in [-0.4, -0.2) is 45.5 Å². The number of nitrogens with one attached hydrogen (secondary N) is 2. The Morgan fingerprint density at radius 2 is 1.71 bits per heavy atom. The number of carboxylic acids is 1. The van der Waals surface area contributed by atoms with Gasteiger partial charge in [-0.15, -0.1) is 0 Å². The lowest BCUT2D eigenvalue weighted by Crippen LogP contribution is -2.38. The Kier molecular flexibility index (Phi) is 7.14. The molecule has 1 aliphatic carbocycles. The van der Waals surface area contributed by atoms with E-state index < -0.39 is 18.1 Å². The maximum Gasteiger partial charge on any atom is 0.407 e. The van der Waals surface area contributed by atoms with Crippen LogP contribution in [-0.2, 0) is 16.6 Å². The van der Waals surface area contributed by atoms with E-state index in [1.807, 2.05) is 31.2 Å². The molecule has 2 aromatic carbocycles. The number of fused-ring (bicyclic) bond motifs is 3. The van der Waals surface area contributed by atoms with Gasteiger partial charge in [0.2, 0.25) is 5.91 Å². The molecule has 1 atom stereocenters.